The third kappa shape index (κ3) is 4.09. The topological polar surface area (TPSA) is 70.9 Å². The summed E-state index contributed by atoms with van der Waals surface area (Å²) in [5, 5.41) is 13.2. The summed E-state index contributed by atoms with van der Waals surface area (Å²) in [6, 6.07) is 14.2. The van der Waals surface area contributed by atoms with Gasteiger partial charge in [-0.1, -0.05) is 31.2 Å². The molecule has 0 aliphatic heterocycles. The van der Waals surface area contributed by atoms with E-state index in [0.717, 1.165) is 17.7 Å². The molecule has 0 saturated carbocycles. The van der Waals surface area contributed by atoms with Crippen LogP contribution in [0.2, 0.25) is 0 Å². The Morgan fingerprint density at radius 3 is 2.73 bits per heavy atom. The highest BCUT2D eigenvalue weighted by Gasteiger charge is 2.07. The number of nitrogens with one attached hydrogen (secondary N) is 1. The fourth-order valence-corrected chi connectivity index (χ4v) is 1.87. The van der Waals surface area contributed by atoms with Crippen LogP contribution < -0.4 is 10.2 Å². The average molecular weight is 298 g/mol. The first-order chi connectivity index (χ1) is 10.7. The second kappa shape index (κ2) is 7.83. The molecule has 2 rings (SSSR count). The zero-order chi connectivity index (χ0) is 15.8. The number of ether oxygens (including phenoxy) is 1. The van der Waals surface area contributed by atoms with E-state index < -0.39 is 5.97 Å². The van der Waals surface area contributed by atoms with E-state index in [1.54, 1.807) is 24.4 Å². The number of carboxylic acid groups (broad SMARTS) is 1. The molecule has 0 aliphatic carbocycles. The molecule has 0 radical (unpaired) electrons. The van der Waals surface area contributed by atoms with Crippen LogP contribution in [0.4, 0.5) is 5.69 Å². The monoisotopic (exact) mass is 298 g/mol. The maximum atomic E-state index is 11.1. The number of rotatable bonds is 7. The smallest absolute Gasteiger partial charge is 0.337 e. The molecule has 0 heterocycles. The zero-order valence-corrected chi connectivity index (χ0v) is 12.3. The van der Waals surface area contributed by atoms with E-state index in [-0.39, 0.29) is 5.56 Å². The third-order valence-electron chi connectivity index (χ3n) is 2.93. The molecule has 0 aliphatic rings. The molecule has 0 bridgehead atoms. The molecule has 2 aromatic carbocycles. The van der Waals surface area contributed by atoms with E-state index in [2.05, 4.69) is 10.5 Å². The van der Waals surface area contributed by atoms with Crippen LogP contribution in [0.15, 0.2) is 53.6 Å². The number of para-hydroxylation sites is 2. The van der Waals surface area contributed by atoms with Crippen molar-refractivity contribution in [3.05, 3.63) is 59.7 Å². The Morgan fingerprint density at radius 2 is 1.95 bits per heavy atom. The van der Waals surface area contributed by atoms with E-state index in [0.29, 0.717) is 12.3 Å². The van der Waals surface area contributed by atoms with Gasteiger partial charge in [-0.25, -0.2) is 4.79 Å². The summed E-state index contributed by atoms with van der Waals surface area (Å²) in [6.07, 6.45) is 2.54. The molecule has 0 amide bonds. The maximum Gasteiger partial charge on any atom is 0.337 e. The van der Waals surface area contributed by atoms with Gasteiger partial charge in [0.15, 0.2) is 0 Å². The summed E-state index contributed by atoms with van der Waals surface area (Å²) in [4.78, 5) is 11.1. The molecular formula is C17H18N2O3. The third-order valence-corrected chi connectivity index (χ3v) is 2.93. The molecule has 5 heteroatoms. The van der Waals surface area contributed by atoms with Gasteiger partial charge in [-0.2, -0.15) is 5.10 Å². The number of nitrogens with zero attached hydrogens (tertiary/aromatic N) is 1. The maximum absolute atomic E-state index is 11.1. The van der Waals surface area contributed by atoms with Gasteiger partial charge < -0.3 is 9.84 Å². The molecule has 0 spiro atoms. The quantitative estimate of drug-likeness (QED) is 0.605. The van der Waals surface area contributed by atoms with Crippen LogP contribution in [-0.4, -0.2) is 23.9 Å². The molecule has 2 aromatic rings. The number of carbonyl (C=O) groups is 1. The summed E-state index contributed by atoms with van der Waals surface area (Å²) >= 11 is 0. The van der Waals surface area contributed by atoms with E-state index >= 15 is 0 Å². The fourth-order valence-electron chi connectivity index (χ4n) is 1.87. The Hall–Kier alpha value is -2.82. The first kappa shape index (κ1) is 15.6. The van der Waals surface area contributed by atoms with Gasteiger partial charge in [0.1, 0.15) is 5.75 Å². The van der Waals surface area contributed by atoms with Gasteiger partial charge in [-0.15, -0.1) is 0 Å². The van der Waals surface area contributed by atoms with Crippen LogP contribution in [0, 0.1) is 0 Å². The molecule has 0 unspecified atom stereocenters. The Kier molecular flexibility index (Phi) is 5.54. The van der Waals surface area contributed by atoms with Gasteiger partial charge in [0, 0.05) is 5.56 Å². The van der Waals surface area contributed by atoms with Crippen molar-refractivity contribution in [3.63, 3.8) is 0 Å². The summed E-state index contributed by atoms with van der Waals surface area (Å²) in [5.74, 6) is -0.244. The summed E-state index contributed by atoms with van der Waals surface area (Å²) in [7, 11) is 0. The molecular weight excluding hydrogens is 280 g/mol. The van der Waals surface area contributed by atoms with Gasteiger partial charge in [0.25, 0.3) is 0 Å². The van der Waals surface area contributed by atoms with Gasteiger partial charge in [-0.05, 0) is 30.7 Å². The molecule has 2 N–H and O–H groups in total. The summed E-state index contributed by atoms with van der Waals surface area (Å²) < 4.78 is 5.64. The van der Waals surface area contributed by atoms with Crippen LogP contribution >= 0.6 is 0 Å². The van der Waals surface area contributed by atoms with Crippen molar-refractivity contribution in [3.8, 4) is 5.75 Å². The second-order valence-electron chi connectivity index (χ2n) is 4.61. The SMILES string of the molecule is CCCOc1ccccc1/C=N/Nc1ccccc1C(=O)O. The largest absolute Gasteiger partial charge is 0.493 e. The normalized spacial score (nSPS) is 10.6. The minimum Gasteiger partial charge on any atom is -0.493 e. The molecule has 22 heavy (non-hydrogen) atoms. The molecule has 0 atom stereocenters. The number of anilines is 1. The van der Waals surface area contributed by atoms with Gasteiger partial charge in [0.2, 0.25) is 0 Å². The molecule has 0 fully saturated rings. The predicted molar refractivity (Wildman–Crippen MR) is 86.8 cm³/mol. The van der Waals surface area contributed by atoms with Crippen LogP contribution in [0.1, 0.15) is 29.3 Å². The van der Waals surface area contributed by atoms with Crippen LogP contribution in [0.25, 0.3) is 0 Å². The number of benzene rings is 2. The van der Waals surface area contributed by atoms with Crippen molar-refractivity contribution in [1.82, 2.24) is 0 Å². The van der Waals surface area contributed by atoms with Crippen LogP contribution in [-0.2, 0) is 0 Å². The lowest BCUT2D eigenvalue weighted by Crippen LogP contribution is -2.02. The molecule has 5 nitrogen and oxygen atoms in total. The number of hydrazone groups is 1. The van der Waals surface area contributed by atoms with Gasteiger partial charge >= 0.3 is 5.97 Å². The van der Waals surface area contributed by atoms with Crippen molar-refractivity contribution in [2.45, 2.75) is 13.3 Å². The van der Waals surface area contributed by atoms with Crippen molar-refractivity contribution in [2.24, 2.45) is 5.10 Å². The number of aromatic carboxylic acids is 1. The minimum atomic E-state index is -0.995. The standard InChI is InChI=1S/C17H18N2O3/c1-2-11-22-16-10-6-3-7-13(16)12-18-19-15-9-5-4-8-14(15)17(20)21/h3-10,12,19H,2,11H2,1H3,(H,20,21)/b18-12+. The van der Waals surface area contributed by atoms with Crippen LogP contribution in [0.5, 0.6) is 5.75 Å². The first-order valence-corrected chi connectivity index (χ1v) is 7.05. The predicted octanol–water partition coefficient (Wildman–Crippen LogP) is 3.62. The Labute approximate surface area is 129 Å². The lowest BCUT2D eigenvalue weighted by atomic mass is 10.2. The fraction of sp³-hybridized carbons (Fsp3) is 0.176. The Balaban J connectivity index is 2.12. The highest BCUT2D eigenvalue weighted by Crippen LogP contribution is 2.17. The molecule has 0 aromatic heterocycles. The van der Waals surface area contributed by atoms with Gasteiger partial charge in [-0.3, -0.25) is 5.43 Å². The second-order valence-corrected chi connectivity index (χ2v) is 4.61. The van der Waals surface area contributed by atoms with E-state index in [1.165, 1.54) is 6.07 Å². The van der Waals surface area contributed by atoms with Crippen molar-refractivity contribution < 1.29 is 14.6 Å². The van der Waals surface area contributed by atoms with Gasteiger partial charge in [0.05, 0.1) is 24.1 Å². The molecule has 114 valence electrons. The van der Waals surface area contributed by atoms with Crippen molar-refractivity contribution >= 4 is 17.9 Å². The lowest BCUT2D eigenvalue weighted by Gasteiger charge is -2.08. The Bertz CT molecular complexity index is 668. The zero-order valence-electron chi connectivity index (χ0n) is 12.3. The highest BCUT2D eigenvalue weighted by atomic mass is 16.5. The van der Waals surface area contributed by atoms with E-state index in [1.807, 2.05) is 31.2 Å². The van der Waals surface area contributed by atoms with Crippen LogP contribution in [0.3, 0.4) is 0 Å². The van der Waals surface area contributed by atoms with Crippen molar-refractivity contribution in [2.75, 3.05) is 12.0 Å². The number of hydrogen-bond donors (Lipinski definition) is 2. The summed E-state index contributed by atoms with van der Waals surface area (Å²) in [5.41, 5.74) is 4.21. The number of hydrogen-bond acceptors (Lipinski definition) is 4. The lowest BCUT2D eigenvalue weighted by molar-refractivity contribution is 0.0698. The van der Waals surface area contributed by atoms with E-state index in [9.17, 15) is 4.79 Å². The van der Waals surface area contributed by atoms with Crippen molar-refractivity contribution in [1.29, 1.82) is 0 Å². The first-order valence-electron chi connectivity index (χ1n) is 7.05. The highest BCUT2D eigenvalue weighted by molar-refractivity contribution is 5.94. The average Bonchev–Trinajstić information content (AvgIpc) is 2.54. The summed E-state index contributed by atoms with van der Waals surface area (Å²) in [6.45, 7) is 2.68. The Morgan fingerprint density at radius 1 is 1.23 bits per heavy atom. The minimum absolute atomic E-state index is 0.176. The van der Waals surface area contributed by atoms with E-state index in [4.69, 9.17) is 9.84 Å². The molecule has 0 saturated heterocycles. The number of carboxylic acids is 1.